The molecule has 3 rings (SSSR count). The first-order valence-corrected chi connectivity index (χ1v) is 9.55. The standard InChI is InChI=1S/C18H21N3O3S/c1-14-4-2-5-15(10-14)12-20-16-6-3-7-17(11-16)25(23,24)21-9-8-19-18(22)13-21/h2-7,10-11,20H,8-9,12-13H2,1H3,(H,19,22). The Kier molecular flexibility index (Phi) is 5.06. The van der Waals surface area contributed by atoms with E-state index in [4.69, 9.17) is 0 Å². The molecule has 1 heterocycles. The van der Waals surface area contributed by atoms with Gasteiger partial charge in [0.05, 0.1) is 11.4 Å². The molecule has 0 atom stereocenters. The van der Waals surface area contributed by atoms with Crippen LogP contribution in [-0.2, 0) is 21.4 Å². The van der Waals surface area contributed by atoms with Gasteiger partial charge < -0.3 is 10.6 Å². The van der Waals surface area contributed by atoms with Gasteiger partial charge in [-0.1, -0.05) is 35.9 Å². The van der Waals surface area contributed by atoms with Crippen molar-refractivity contribution in [1.29, 1.82) is 0 Å². The van der Waals surface area contributed by atoms with E-state index in [1.807, 2.05) is 31.2 Å². The van der Waals surface area contributed by atoms with Gasteiger partial charge in [-0.2, -0.15) is 4.31 Å². The number of nitrogens with zero attached hydrogens (tertiary/aromatic N) is 1. The van der Waals surface area contributed by atoms with Gasteiger partial charge in [-0.15, -0.1) is 0 Å². The second kappa shape index (κ2) is 7.25. The van der Waals surface area contributed by atoms with Crippen LogP contribution >= 0.6 is 0 Å². The lowest BCUT2D eigenvalue weighted by molar-refractivity contribution is -0.122. The Morgan fingerprint density at radius 2 is 1.96 bits per heavy atom. The highest BCUT2D eigenvalue weighted by atomic mass is 32.2. The molecule has 1 saturated heterocycles. The number of hydrogen-bond acceptors (Lipinski definition) is 4. The molecule has 0 aliphatic carbocycles. The number of nitrogens with one attached hydrogen (secondary N) is 2. The molecule has 0 aromatic heterocycles. The van der Waals surface area contributed by atoms with Gasteiger partial charge in [0.15, 0.2) is 0 Å². The molecule has 0 radical (unpaired) electrons. The molecule has 25 heavy (non-hydrogen) atoms. The number of piperazine rings is 1. The van der Waals surface area contributed by atoms with Gasteiger partial charge in [0.2, 0.25) is 15.9 Å². The maximum absolute atomic E-state index is 12.7. The van der Waals surface area contributed by atoms with Crippen LogP contribution < -0.4 is 10.6 Å². The van der Waals surface area contributed by atoms with Crippen LogP contribution in [0.2, 0.25) is 0 Å². The highest BCUT2D eigenvalue weighted by molar-refractivity contribution is 7.89. The summed E-state index contributed by atoms with van der Waals surface area (Å²) in [6.07, 6.45) is 0. The van der Waals surface area contributed by atoms with Crippen LogP contribution in [0.5, 0.6) is 0 Å². The fourth-order valence-corrected chi connectivity index (χ4v) is 4.21. The second-order valence-electron chi connectivity index (χ2n) is 6.06. The smallest absolute Gasteiger partial charge is 0.243 e. The summed E-state index contributed by atoms with van der Waals surface area (Å²) in [5, 5.41) is 5.88. The molecular weight excluding hydrogens is 338 g/mol. The van der Waals surface area contributed by atoms with Crippen LogP contribution in [0.1, 0.15) is 11.1 Å². The van der Waals surface area contributed by atoms with Gasteiger partial charge in [0.1, 0.15) is 0 Å². The predicted molar refractivity (Wildman–Crippen MR) is 96.7 cm³/mol. The topological polar surface area (TPSA) is 78.5 Å². The van der Waals surface area contributed by atoms with Crippen LogP contribution in [0.15, 0.2) is 53.4 Å². The molecule has 0 saturated carbocycles. The molecule has 0 unspecified atom stereocenters. The maximum atomic E-state index is 12.7. The van der Waals surface area contributed by atoms with E-state index in [1.54, 1.807) is 18.2 Å². The number of sulfonamides is 1. The van der Waals surface area contributed by atoms with Crippen LogP contribution in [0.25, 0.3) is 0 Å². The van der Waals surface area contributed by atoms with Crippen molar-refractivity contribution in [3.8, 4) is 0 Å². The molecule has 2 aromatic carbocycles. The van der Waals surface area contributed by atoms with Crippen molar-refractivity contribution in [1.82, 2.24) is 9.62 Å². The van der Waals surface area contributed by atoms with Gasteiger partial charge in [0.25, 0.3) is 0 Å². The molecule has 1 fully saturated rings. The van der Waals surface area contributed by atoms with Crippen molar-refractivity contribution >= 4 is 21.6 Å². The van der Waals surface area contributed by atoms with E-state index in [1.165, 1.54) is 9.87 Å². The zero-order chi connectivity index (χ0) is 17.9. The van der Waals surface area contributed by atoms with Crippen molar-refractivity contribution in [2.75, 3.05) is 25.0 Å². The van der Waals surface area contributed by atoms with Crippen LogP contribution in [0.3, 0.4) is 0 Å². The van der Waals surface area contributed by atoms with E-state index in [2.05, 4.69) is 16.7 Å². The van der Waals surface area contributed by atoms with Crippen molar-refractivity contribution in [3.63, 3.8) is 0 Å². The third kappa shape index (κ3) is 4.18. The van der Waals surface area contributed by atoms with E-state index in [0.29, 0.717) is 13.1 Å². The van der Waals surface area contributed by atoms with E-state index in [0.717, 1.165) is 11.3 Å². The van der Waals surface area contributed by atoms with E-state index >= 15 is 0 Å². The van der Waals surface area contributed by atoms with Crippen molar-refractivity contribution < 1.29 is 13.2 Å². The van der Waals surface area contributed by atoms with E-state index in [-0.39, 0.29) is 23.9 Å². The van der Waals surface area contributed by atoms with E-state index in [9.17, 15) is 13.2 Å². The molecular formula is C18H21N3O3S. The zero-order valence-electron chi connectivity index (χ0n) is 14.0. The SMILES string of the molecule is Cc1cccc(CNc2cccc(S(=O)(=O)N3CCNC(=O)C3)c2)c1. The molecule has 7 heteroatoms. The fraction of sp³-hybridized carbons (Fsp3) is 0.278. The minimum Gasteiger partial charge on any atom is -0.381 e. The number of carbonyl (C=O) groups excluding carboxylic acids is 1. The molecule has 1 aliphatic rings. The molecule has 2 aromatic rings. The minimum atomic E-state index is -3.67. The first-order valence-electron chi connectivity index (χ1n) is 8.11. The Balaban J connectivity index is 1.75. The van der Waals surface area contributed by atoms with Crippen LogP contribution in [0, 0.1) is 6.92 Å². The Labute approximate surface area is 147 Å². The number of rotatable bonds is 5. The maximum Gasteiger partial charge on any atom is 0.243 e. The number of carbonyl (C=O) groups is 1. The summed E-state index contributed by atoms with van der Waals surface area (Å²) in [6.45, 7) is 3.13. The molecule has 2 N–H and O–H groups in total. The fourth-order valence-electron chi connectivity index (χ4n) is 2.76. The lowest BCUT2D eigenvalue weighted by atomic mass is 10.1. The Bertz CT molecular complexity index is 881. The minimum absolute atomic E-state index is 0.136. The first-order chi connectivity index (χ1) is 11.9. The summed E-state index contributed by atoms with van der Waals surface area (Å²) in [5.74, 6) is -0.274. The molecule has 132 valence electrons. The average Bonchev–Trinajstić information content (AvgIpc) is 2.60. The highest BCUT2D eigenvalue weighted by Gasteiger charge is 2.29. The van der Waals surface area contributed by atoms with Crippen LogP contribution in [-0.4, -0.2) is 38.3 Å². The molecule has 0 spiro atoms. The van der Waals surface area contributed by atoms with E-state index < -0.39 is 10.0 Å². The lowest BCUT2D eigenvalue weighted by Crippen LogP contribution is -2.49. The van der Waals surface area contributed by atoms with Crippen molar-refractivity contribution in [2.24, 2.45) is 0 Å². The molecule has 1 aliphatic heterocycles. The third-order valence-electron chi connectivity index (χ3n) is 4.05. The van der Waals surface area contributed by atoms with Gasteiger partial charge in [-0.05, 0) is 30.7 Å². The Morgan fingerprint density at radius 1 is 1.16 bits per heavy atom. The summed E-state index contributed by atoms with van der Waals surface area (Å²) < 4.78 is 26.7. The summed E-state index contributed by atoms with van der Waals surface area (Å²) in [5.41, 5.74) is 3.03. The lowest BCUT2D eigenvalue weighted by Gasteiger charge is -2.26. The Morgan fingerprint density at radius 3 is 2.72 bits per heavy atom. The number of anilines is 1. The zero-order valence-corrected chi connectivity index (χ0v) is 14.8. The normalized spacial score (nSPS) is 15.6. The third-order valence-corrected chi connectivity index (χ3v) is 5.90. The highest BCUT2D eigenvalue weighted by Crippen LogP contribution is 2.20. The van der Waals surface area contributed by atoms with Crippen LogP contribution in [0.4, 0.5) is 5.69 Å². The Hall–Kier alpha value is -2.38. The van der Waals surface area contributed by atoms with Gasteiger partial charge >= 0.3 is 0 Å². The van der Waals surface area contributed by atoms with Gasteiger partial charge in [-0.25, -0.2) is 8.42 Å². The number of benzene rings is 2. The predicted octanol–water partition coefficient (Wildman–Crippen LogP) is 1.73. The molecule has 0 bridgehead atoms. The summed E-state index contributed by atoms with van der Waals surface area (Å²) in [7, 11) is -3.67. The summed E-state index contributed by atoms with van der Waals surface area (Å²) in [6, 6.07) is 14.8. The summed E-state index contributed by atoms with van der Waals surface area (Å²) in [4.78, 5) is 11.7. The monoisotopic (exact) mass is 359 g/mol. The largest absolute Gasteiger partial charge is 0.381 e. The molecule has 6 nitrogen and oxygen atoms in total. The van der Waals surface area contributed by atoms with Crippen molar-refractivity contribution in [2.45, 2.75) is 18.4 Å². The first kappa shape index (κ1) is 17.4. The average molecular weight is 359 g/mol. The van der Waals surface area contributed by atoms with Crippen molar-refractivity contribution in [3.05, 3.63) is 59.7 Å². The van der Waals surface area contributed by atoms with Gasteiger partial charge in [0, 0.05) is 25.3 Å². The number of hydrogen-bond donors (Lipinski definition) is 2. The number of aryl methyl sites for hydroxylation is 1. The number of amides is 1. The second-order valence-corrected chi connectivity index (χ2v) is 8.00. The summed E-state index contributed by atoms with van der Waals surface area (Å²) >= 11 is 0. The van der Waals surface area contributed by atoms with Gasteiger partial charge in [-0.3, -0.25) is 4.79 Å². The molecule has 1 amide bonds. The quantitative estimate of drug-likeness (QED) is 0.852.